The van der Waals surface area contributed by atoms with E-state index in [0.29, 0.717) is 26.0 Å². The van der Waals surface area contributed by atoms with Gasteiger partial charge in [-0.15, -0.1) is 21.5 Å². The number of fused-ring (bicyclic) bond motifs is 1. The molecule has 0 bridgehead atoms. The highest BCUT2D eigenvalue weighted by Crippen LogP contribution is 2.39. The van der Waals surface area contributed by atoms with Crippen molar-refractivity contribution in [2.24, 2.45) is 11.7 Å². The van der Waals surface area contributed by atoms with Crippen LogP contribution >= 0.6 is 34.4 Å². The Kier molecular flexibility index (Phi) is 5.60. The molecule has 2 amide bonds. The van der Waals surface area contributed by atoms with E-state index in [-0.39, 0.29) is 11.7 Å². The van der Waals surface area contributed by atoms with Crippen molar-refractivity contribution >= 4 is 56.4 Å². The maximum atomic E-state index is 12.3. The molecule has 2 aromatic heterocycles. The van der Waals surface area contributed by atoms with Crippen LogP contribution in [0.15, 0.2) is 4.34 Å². The number of aromatic nitrogens is 2. The molecule has 0 aromatic carbocycles. The fourth-order valence-corrected chi connectivity index (χ4v) is 5.70. The molecule has 7 nitrogen and oxygen atoms in total. The Morgan fingerprint density at radius 2 is 2.16 bits per heavy atom. The minimum Gasteiger partial charge on any atom is -0.365 e. The summed E-state index contributed by atoms with van der Waals surface area (Å²) in [4.78, 5) is 25.3. The number of amides is 2. The quantitative estimate of drug-likeness (QED) is 0.646. The topological polar surface area (TPSA) is 110 Å². The molecular weight excluding hydrogens is 378 g/mol. The van der Waals surface area contributed by atoms with Gasteiger partial charge in [0.25, 0.3) is 5.91 Å². The molecule has 25 heavy (non-hydrogen) atoms. The number of carbonyl (C=O) groups is 2. The van der Waals surface area contributed by atoms with Crippen LogP contribution in [-0.2, 0) is 17.6 Å². The fourth-order valence-electron chi connectivity index (χ4n) is 2.76. The number of thiophene rings is 1. The molecule has 10 heteroatoms. The molecule has 0 spiro atoms. The van der Waals surface area contributed by atoms with Crippen LogP contribution in [0.25, 0.3) is 0 Å². The maximum Gasteiger partial charge on any atom is 0.251 e. The zero-order valence-electron chi connectivity index (χ0n) is 13.9. The summed E-state index contributed by atoms with van der Waals surface area (Å²) < 4.78 is 0.717. The van der Waals surface area contributed by atoms with Crippen molar-refractivity contribution in [3.63, 3.8) is 0 Å². The van der Waals surface area contributed by atoms with Crippen molar-refractivity contribution < 1.29 is 9.59 Å². The summed E-state index contributed by atoms with van der Waals surface area (Å²) in [5.41, 5.74) is 7.06. The molecule has 1 aliphatic rings. The highest BCUT2D eigenvalue weighted by atomic mass is 32.2. The number of hydrogen-bond donors (Lipinski definition) is 3. The molecule has 2 aromatic rings. The van der Waals surface area contributed by atoms with Crippen molar-refractivity contribution in [2.75, 3.05) is 23.4 Å². The van der Waals surface area contributed by atoms with Gasteiger partial charge in [0.2, 0.25) is 11.0 Å². The number of nitrogens with zero attached hydrogens (tertiary/aromatic N) is 2. The first kappa shape index (κ1) is 18.2. The van der Waals surface area contributed by atoms with Crippen LogP contribution in [0.1, 0.15) is 34.1 Å². The van der Waals surface area contributed by atoms with E-state index in [2.05, 4.69) is 27.8 Å². The molecule has 3 rings (SSSR count). The first-order chi connectivity index (χ1) is 12.0. The molecule has 1 aliphatic carbocycles. The zero-order valence-corrected chi connectivity index (χ0v) is 16.4. The minimum absolute atomic E-state index is 0.180. The number of nitrogens with two attached hydrogens (primary N) is 1. The second-order valence-electron chi connectivity index (χ2n) is 5.88. The lowest BCUT2D eigenvalue weighted by atomic mass is 9.88. The Balaban J connectivity index is 1.69. The summed E-state index contributed by atoms with van der Waals surface area (Å²) in [5.74, 6) is 0.137. The van der Waals surface area contributed by atoms with Gasteiger partial charge in [-0.25, -0.2) is 0 Å². The van der Waals surface area contributed by atoms with Gasteiger partial charge in [-0.3, -0.25) is 9.59 Å². The molecule has 0 aliphatic heterocycles. The number of nitrogens with one attached hydrogen (secondary N) is 2. The molecule has 4 N–H and O–H groups in total. The van der Waals surface area contributed by atoms with E-state index in [0.717, 1.165) is 24.8 Å². The Bertz CT molecular complexity index is 801. The van der Waals surface area contributed by atoms with E-state index >= 15 is 0 Å². The van der Waals surface area contributed by atoms with Crippen LogP contribution in [0.4, 0.5) is 10.1 Å². The third kappa shape index (κ3) is 4.13. The summed E-state index contributed by atoms with van der Waals surface area (Å²) in [6, 6.07) is 0. The second-order valence-corrected chi connectivity index (χ2v) is 9.19. The highest BCUT2D eigenvalue weighted by Gasteiger charge is 2.27. The molecule has 134 valence electrons. The van der Waals surface area contributed by atoms with Crippen LogP contribution in [0, 0.1) is 5.92 Å². The van der Waals surface area contributed by atoms with Crippen LogP contribution in [0.3, 0.4) is 0 Å². The monoisotopic (exact) mass is 397 g/mol. The van der Waals surface area contributed by atoms with Crippen molar-refractivity contribution in [2.45, 2.75) is 30.5 Å². The molecule has 0 fully saturated rings. The van der Waals surface area contributed by atoms with Gasteiger partial charge in [0.05, 0.1) is 11.3 Å². The van der Waals surface area contributed by atoms with Gasteiger partial charge in [0.1, 0.15) is 5.00 Å². The smallest absolute Gasteiger partial charge is 0.251 e. The number of rotatable bonds is 6. The van der Waals surface area contributed by atoms with Gasteiger partial charge in [0, 0.05) is 11.9 Å². The fraction of sp³-hybridized carbons (Fsp3) is 0.467. The molecule has 2 heterocycles. The van der Waals surface area contributed by atoms with Crippen LogP contribution < -0.4 is 16.4 Å². The van der Waals surface area contributed by atoms with Gasteiger partial charge in [0.15, 0.2) is 4.34 Å². The maximum absolute atomic E-state index is 12.3. The van der Waals surface area contributed by atoms with E-state index in [1.807, 2.05) is 0 Å². The standard InChI is InChI=1S/C15H19N5O2S3/c1-7-3-4-8-9(5-7)24-13(11(8)12(16)22)18-10(21)6-23-15-20-19-14(17-2)25-15/h7H,3-6H2,1-2H3,(H2,16,22)(H,17,19)(H,18,21)/t7-/m1/s1. The van der Waals surface area contributed by atoms with E-state index in [4.69, 9.17) is 5.73 Å². The van der Waals surface area contributed by atoms with E-state index in [1.54, 1.807) is 7.05 Å². The number of thioether (sulfide) groups is 1. The van der Waals surface area contributed by atoms with E-state index in [9.17, 15) is 9.59 Å². The molecule has 0 radical (unpaired) electrons. The van der Waals surface area contributed by atoms with E-state index in [1.165, 1.54) is 39.3 Å². The summed E-state index contributed by atoms with van der Waals surface area (Å²) >= 11 is 4.18. The van der Waals surface area contributed by atoms with Gasteiger partial charge in [-0.1, -0.05) is 30.0 Å². The summed E-state index contributed by atoms with van der Waals surface area (Å²) in [6.45, 7) is 2.20. The number of carbonyl (C=O) groups excluding carboxylic acids is 2. The molecule has 1 atom stereocenters. The van der Waals surface area contributed by atoms with Crippen molar-refractivity contribution in [3.8, 4) is 0 Å². The lowest BCUT2D eigenvalue weighted by molar-refractivity contribution is -0.113. The zero-order chi connectivity index (χ0) is 18.0. The minimum atomic E-state index is -0.474. The Hall–Kier alpha value is -1.65. The number of anilines is 2. The van der Waals surface area contributed by atoms with Gasteiger partial charge in [-0.2, -0.15) is 0 Å². The van der Waals surface area contributed by atoms with Gasteiger partial charge < -0.3 is 16.4 Å². The second kappa shape index (κ2) is 7.71. The first-order valence-electron chi connectivity index (χ1n) is 7.86. The van der Waals surface area contributed by atoms with E-state index < -0.39 is 5.91 Å². The Morgan fingerprint density at radius 3 is 2.84 bits per heavy atom. The van der Waals surface area contributed by atoms with Crippen LogP contribution in [-0.4, -0.2) is 34.8 Å². The highest BCUT2D eigenvalue weighted by molar-refractivity contribution is 8.01. The van der Waals surface area contributed by atoms with Crippen molar-refractivity contribution in [1.29, 1.82) is 0 Å². The molecule has 0 saturated carbocycles. The summed E-state index contributed by atoms with van der Waals surface area (Å²) in [7, 11) is 1.77. The summed E-state index contributed by atoms with van der Waals surface area (Å²) in [6.07, 6.45) is 2.81. The van der Waals surface area contributed by atoms with Gasteiger partial charge in [-0.05, 0) is 30.7 Å². The van der Waals surface area contributed by atoms with Crippen LogP contribution in [0.5, 0.6) is 0 Å². The molecule has 0 unspecified atom stereocenters. The first-order valence-corrected chi connectivity index (χ1v) is 10.5. The SMILES string of the molecule is CNc1nnc(SCC(=O)Nc2sc3c(c2C(N)=O)CC[C@@H](C)C3)s1. The van der Waals surface area contributed by atoms with Crippen LogP contribution in [0.2, 0.25) is 0 Å². The largest absolute Gasteiger partial charge is 0.365 e. The number of primary amides is 1. The van der Waals surface area contributed by atoms with Crippen molar-refractivity contribution in [3.05, 3.63) is 16.0 Å². The molecule has 0 saturated heterocycles. The number of hydrogen-bond acceptors (Lipinski definition) is 8. The predicted octanol–water partition coefficient (Wildman–Crippen LogP) is 2.60. The third-order valence-electron chi connectivity index (χ3n) is 3.96. The van der Waals surface area contributed by atoms with Gasteiger partial charge >= 0.3 is 0 Å². The lowest BCUT2D eigenvalue weighted by Crippen LogP contribution is -2.20. The Labute approximate surface area is 157 Å². The molecular formula is C15H19N5O2S3. The lowest BCUT2D eigenvalue weighted by Gasteiger charge is -2.18. The average molecular weight is 398 g/mol. The third-order valence-corrected chi connectivity index (χ3v) is 7.20. The van der Waals surface area contributed by atoms with Crippen molar-refractivity contribution in [1.82, 2.24) is 10.2 Å². The predicted molar refractivity (Wildman–Crippen MR) is 103 cm³/mol. The normalized spacial score (nSPS) is 16.3. The average Bonchev–Trinajstić information content (AvgIpc) is 3.16. The summed E-state index contributed by atoms with van der Waals surface area (Å²) in [5, 5.41) is 15.0. The Morgan fingerprint density at radius 1 is 1.36 bits per heavy atom.